The Morgan fingerprint density at radius 1 is 1.18 bits per heavy atom. The standard InChI is InChI=1S/C17H19F4NO5S/c1-2-3-9-25-11-13(10-18)26-14-6-4-5-12-7-8-15(22-16(12)14)27-28(23,24)17(19,20)21/h4-8,13H,2-3,9-11H2,1H3. The Hall–Kier alpha value is -2.14. The fourth-order valence-electron chi connectivity index (χ4n) is 2.15. The van der Waals surface area contributed by atoms with Crippen LogP contribution in [0, 0.1) is 0 Å². The minimum atomic E-state index is -5.86. The zero-order valence-corrected chi connectivity index (χ0v) is 15.7. The fourth-order valence-corrected chi connectivity index (χ4v) is 2.57. The van der Waals surface area contributed by atoms with Crippen LogP contribution in [0.3, 0.4) is 0 Å². The van der Waals surface area contributed by atoms with E-state index < -0.39 is 34.3 Å². The number of aromatic nitrogens is 1. The molecule has 28 heavy (non-hydrogen) atoms. The van der Waals surface area contributed by atoms with Crippen LogP contribution in [0.4, 0.5) is 17.6 Å². The van der Waals surface area contributed by atoms with Crippen molar-refractivity contribution in [1.82, 2.24) is 4.98 Å². The van der Waals surface area contributed by atoms with Gasteiger partial charge in [-0.2, -0.15) is 21.6 Å². The zero-order chi connectivity index (χ0) is 20.8. The van der Waals surface area contributed by atoms with E-state index in [-0.39, 0.29) is 17.9 Å². The van der Waals surface area contributed by atoms with Gasteiger partial charge in [-0.1, -0.05) is 25.5 Å². The third-order valence-electron chi connectivity index (χ3n) is 3.55. The van der Waals surface area contributed by atoms with Crippen molar-refractivity contribution < 1.29 is 39.6 Å². The second-order valence-corrected chi connectivity index (χ2v) is 7.32. The summed E-state index contributed by atoms with van der Waals surface area (Å²) in [4.78, 5) is 3.78. The summed E-state index contributed by atoms with van der Waals surface area (Å²) in [7, 11) is -5.86. The Balaban J connectivity index is 2.24. The highest BCUT2D eigenvalue weighted by Gasteiger charge is 2.48. The molecule has 1 aromatic carbocycles. The predicted octanol–water partition coefficient (Wildman–Crippen LogP) is 4.00. The van der Waals surface area contributed by atoms with Gasteiger partial charge in [-0.05, 0) is 18.6 Å². The first kappa shape index (κ1) is 22.2. The lowest BCUT2D eigenvalue weighted by atomic mass is 10.2. The van der Waals surface area contributed by atoms with Crippen LogP contribution in [0.15, 0.2) is 30.3 Å². The van der Waals surface area contributed by atoms with Crippen molar-refractivity contribution >= 4 is 21.0 Å². The topological polar surface area (TPSA) is 74.7 Å². The molecule has 1 aromatic heterocycles. The van der Waals surface area contributed by atoms with Crippen molar-refractivity contribution in [2.45, 2.75) is 31.4 Å². The van der Waals surface area contributed by atoms with Crippen molar-refractivity contribution in [2.24, 2.45) is 0 Å². The molecule has 2 aromatic rings. The van der Waals surface area contributed by atoms with E-state index in [4.69, 9.17) is 9.47 Å². The molecular formula is C17H19F4NO5S. The summed E-state index contributed by atoms with van der Waals surface area (Å²) in [6.45, 7) is 1.54. The highest BCUT2D eigenvalue weighted by atomic mass is 32.2. The Labute approximate surface area is 159 Å². The Bertz CT molecular complexity index is 889. The first-order chi connectivity index (χ1) is 13.2. The largest absolute Gasteiger partial charge is 0.534 e. The molecule has 156 valence electrons. The van der Waals surface area contributed by atoms with Crippen molar-refractivity contribution in [3.05, 3.63) is 30.3 Å². The highest BCUT2D eigenvalue weighted by molar-refractivity contribution is 7.87. The maximum Gasteiger partial charge on any atom is 0.534 e. The summed E-state index contributed by atoms with van der Waals surface area (Å²) in [5.74, 6) is -0.717. The molecule has 0 amide bonds. The number of alkyl halides is 4. The lowest BCUT2D eigenvalue weighted by Crippen LogP contribution is -2.28. The van der Waals surface area contributed by atoms with Crippen LogP contribution in [0.2, 0.25) is 0 Å². The van der Waals surface area contributed by atoms with Gasteiger partial charge in [-0.3, -0.25) is 0 Å². The van der Waals surface area contributed by atoms with Gasteiger partial charge in [0, 0.05) is 18.1 Å². The van der Waals surface area contributed by atoms with Crippen LogP contribution < -0.4 is 8.92 Å². The van der Waals surface area contributed by atoms with Crippen molar-refractivity contribution in [2.75, 3.05) is 19.9 Å². The van der Waals surface area contributed by atoms with E-state index in [1.807, 2.05) is 6.92 Å². The molecule has 0 spiro atoms. The van der Waals surface area contributed by atoms with Gasteiger partial charge in [-0.15, -0.1) is 0 Å². The SMILES string of the molecule is CCCCOCC(CF)Oc1cccc2ccc(OS(=O)(=O)C(F)(F)F)nc12. The zero-order valence-electron chi connectivity index (χ0n) is 14.9. The maximum absolute atomic E-state index is 13.2. The Morgan fingerprint density at radius 2 is 1.93 bits per heavy atom. The number of ether oxygens (including phenoxy) is 2. The van der Waals surface area contributed by atoms with E-state index in [1.54, 1.807) is 12.1 Å². The smallest absolute Gasteiger partial charge is 0.483 e. The number of hydrogen-bond acceptors (Lipinski definition) is 6. The summed E-state index contributed by atoms with van der Waals surface area (Å²) >= 11 is 0. The van der Waals surface area contributed by atoms with E-state index in [0.29, 0.717) is 12.0 Å². The number of pyridine rings is 1. The summed E-state index contributed by atoms with van der Waals surface area (Å²) in [6.07, 6.45) is 0.772. The number of hydrogen-bond donors (Lipinski definition) is 0. The Kier molecular flexibility index (Phi) is 7.41. The summed E-state index contributed by atoms with van der Waals surface area (Å²) in [5.41, 5.74) is -5.56. The average Bonchev–Trinajstić information content (AvgIpc) is 2.63. The third-order valence-corrected chi connectivity index (χ3v) is 4.51. The van der Waals surface area contributed by atoms with Crippen LogP contribution in [0.25, 0.3) is 10.9 Å². The molecule has 0 aliphatic rings. The number of nitrogens with zero attached hydrogens (tertiary/aromatic N) is 1. The summed E-state index contributed by atoms with van der Waals surface area (Å²) in [6, 6.07) is 6.90. The molecule has 2 rings (SSSR count). The molecule has 0 radical (unpaired) electrons. The highest BCUT2D eigenvalue weighted by Crippen LogP contribution is 2.30. The number of unbranched alkanes of at least 4 members (excludes halogenated alkanes) is 1. The Morgan fingerprint density at radius 3 is 2.57 bits per heavy atom. The van der Waals surface area contributed by atoms with Crippen LogP contribution >= 0.6 is 0 Å². The normalized spacial score (nSPS) is 13.5. The van der Waals surface area contributed by atoms with Gasteiger partial charge in [0.05, 0.1) is 6.61 Å². The molecule has 0 saturated heterocycles. The monoisotopic (exact) mass is 425 g/mol. The van der Waals surface area contributed by atoms with Gasteiger partial charge in [-0.25, -0.2) is 9.37 Å². The minimum absolute atomic E-state index is 0.0223. The summed E-state index contributed by atoms with van der Waals surface area (Å²) in [5, 5.41) is 0.443. The molecule has 1 unspecified atom stereocenters. The van der Waals surface area contributed by atoms with Crippen LogP contribution in [0.5, 0.6) is 11.6 Å². The molecule has 0 N–H and O–H groups in total. The molecular weight excluding hydrogens is 406 g/mol. The van der Waals surface area contributed by atoms with Gasteiger partial charge in [0.25, 0.3) is 0 Å². The predicted molar refractivity (Wildman–Crippen MR) is 93.5 cm³/mol. The van der Waals surface area contributed by atoms with Crippen molar-refractivity contribution in [1.29, 1.82) is 0 Å². The van der Waals surface area contributed by atoms with Gasteiger partial charge < -0.3 is 13.7 Å². The number of benzene rings is 1. The van der Waals surface area contributed by atoms with Crippen molar-refractivity contribution in [3.8, 4) is 11.6 Å². The quantitative estimate of drug-likeness (QED) is 0.248. The second-order valence-electron chi connectivity index (χ2n) is 5.78. The van der Waals surface area contributed by atoms with Gasteiger partial charge in [0.15, 0.2) is 6.10 Å². The molecule has 0 bridgehead atoms. The number of para-hydroxylation sites is 1. The summed E-state index contributed by atoms with van der Waals surface area (Å²) < 4.78 is 87.9. The fraction of sp³-hybridized carbons (Fsp3) is 0.471. The van der Waals surface area contributed by atoms with E-state index in [1.165, 1.54) is 12.1 Å². The van der Waals surface area contributed by atoms with Gasteiger partial charge in [0.1, 0.15) is 17.9 Å². The van der Waals surface area contributed by atoms with E-state index in [9.17, 15) is 26.0 Å². The van der Waals surface area contributed by atoms with Crippen LogP contribution in [-0.2, 0) is 14.9 Å². The molecule has 1 heterocycles. The maximum atomic E-state index is 13.2. The molecule has 0 fully saturated rings. The first-order valence-electron chi connectivity index (χ1n) is 8.39. The van der Waals surface area contributed by atoms with Crippen molar-refractivity contribution in [3.63, 3.8) is 0 Å². The van der Waals surface area contributed by atoms with Gasteiger partial charge in [0.2, 0.25) is 5.88 Å². The molecule has 11 heteroatoms. The lowest BCUT2D eigenvalue weighted by Gasteiger charge is -2.17. The number of halogens is 4. The third kappa shape index (κ3) is 5.68. The second kappa shape index (κ2) is 9.37. The number of fused-ring (bicyclic) bond motifs is 1. The molecule has 0 aliphatic heterocycles. The van der Waals surface area contributed by atoms with Crippen LogP contribution in [0.1, 0.15) is 19.8 Å². The van der Waals surface area contributed by atoms with E-state index >= 15 is 0 Å². The lowest BCUT2D eigenvalue weighted by molar-refractivity contribution is -0.0501. The molecule has 0 aliphatic carbocycles. The van der Waals surface area contributed by atoms with E-state index in [0.717, 1.165) is 18.9 Å². The average molecular weight is 425 g/mol. The minimum Gasteiger partial charge on any atom is -0.483 e. The van der Waals surface area contributed by atoms with Gasteiger partial charge >= 0.3 is 15.6 Å². The molecule has 6 nitrogen and oxygen atoms in total. The number of rotatable bonds is 10. The first-order valence-corrected chi connectivity index (χ1v) is 9.79. The molecule has 1 atom stereocenters. The van der Waals surface area contributed by atoms with E-state index in [2.05, 4.69) is 9.17 Å². The van der Waals surface area contributed by atoms with Crippen LogP contribution in [-0.4, -0.2) is 44.9 Å². The molecule has 0 saturated carbocycles.